The fourth-order valence-electron chi connectivity index (χ4n) is 28.0. The topological polar surface area (TPSA) is 180 Å². The Morgan fingerprint density at radius 1 is 0.243 bits per heavy atom. The van der Waals surface area contributed by atoms with Gasteiger partial charge in [-0.2, -0.15) is 0 Å². The monoisotopic (exact) mass is 2020 g/mol. The number of hydrogen-bond acceptors (Lipinski definition) is 18. The van der Waals surface area contributed by atoms with Crippen LogP contribution < -0.4 is 0 Å². The molecule has 0 N–H and O–H groups in total. The van der Waals surface area contributed by atoms with Crippen LogP contribution in [0, 0.1) is 47.3 Å². The average molecular weight is 2020 g/mol. The van der Waals surface area contributed by atoms with Crippen molar-refractivity contribution in [2.24, 2.45) is 47.3 Å². The number of rotatable bonds is 16. The van der Waals surface area contributed by atoms with Gasteiger partial charge in [-0.3, -0.25) is 28.8 Å². The molecule has 6 heterocycles. The summed E-state index contributed by atoms with van der Waals surface area (Å²) in [6.07, 6.45) is 23.2. The van der Waals surface area contributed by atoms with Gasteiger partial charge in [0.15, 0.2) is 34.7 Å². The van der Waals surface area contributed by atoms with E-state index in [0.717, 1.165) is 162 Å². The van der Waals surface area contributed by atoms with Gasteiger partial charge < -0.3 is 0 Å². The highest BCUT2D eigenvalue weighted by Crippen LogP contribution is 2.62. The van der Waals surface area contributed by atoms with E-state index >= 15 is 0 Å². The van der Waals surface area contributed by atoms with Crippen molar-refractivity contribution >= 4 is 103 Å². The van der Waals surface area contributed by atoms with E-state index in [4.69, 9.17) is 0 Å². The predicted octanol–water partition coefficient (Wildman–Crippen LogP) is 30.2. The summed E-state index contributed by atoms with van der Waals surface area (Å²) in [5.74, 6) is 6.10. The maximum Gasteiger partial charge on any atom is 0.160 e. The van der Waals surface area contributed by atoms with Crippen molar-refractivity contribution in [3.05, 3.63) is 379 Å². The Kier molecular flexibility index (Phi) is 30.4. The lowest BCUT2D eigenvalue weighted by atomic mass is 9.60. The fraction of sp³-hybridized carbons (Fsp3) is 0.429. The molecule has 18 heteroatoms. The minimum absolute atomic E-state index is 0.289. The third-order valence-corrected chi connectivity index (χ3v) is 41.0. The zero-order chi connectivity index (χ0) is 101. The van der Waals surface area contributed by atoms with Crippen molar-refractivity contribution in [1.82, 2.24) is 29.9 Å². The first-order valence-electron chi connectivity index (χ1n) is 53.3. The van der Waals surface area contributed by atoms with Gasteiger partial charge in [-0.15, -0.1) is 68.0 Å². The van der Waals surface area contributed by atoms with Crippen LogP contribution in [0.3, 0.4) is 0 Å². The second-order valence-electron chi connectivity index (χ2n) is 43.2. The lowest BCUT2D eigenvalue weighted by molar-refractivity contribution is -0.118. The third-order valence-electron chi connectivity index (χ3n) is 34.8. The highest BCUT2D eigenvalue weighted by molar-refractivity contribution is 7.11. The van der Waals surface area contributed by atoms with Crippen LogP contribution in [0.4, 0.5) is 0 Å². The normalized spacial score (nSPS) is 26.3. The number of hydrogen-bond donors (Lipinski definition) is 0. The van der Waals surface area contributed by atoms with E-state index < -0.39 is 0 Å². The van der Waals surface area contributed by atoms with Crippen LogP contribution in [-0.2, 0) is 99.8 Å². The smallest absolute Gasteiger partial charge is 0.160 e. The zero-order valence-corrected chi connectivity index (χ0v) is 91.3. The van der Waals surface area contributed by atoms with E-state index in [-0.39, 0.29) is 32.5 Å². The molecule has 0 bridgehead atoms. The highest BCUT2D eigenvalue weighted by Gasteiger charge is 2.56. The molecule has 0 aliphatic heterocycles. The van der Waals surface area contributed by atoms with Gasteiger partial charge in [0.25, 0.3) is 0 Å². The van der Waals surface area contributed by atoms with Gasteiger partial charge in [-0.1, -0.05) is 325 Å². The van der Waals surface area contributed by atoms with Crippen LogP contribution in [0.5, 0.6) is 0 Å². The molecule has 12 aliphatic rings. The highest BCUT2D eigenvalue weighted by atomic mass is 32.1. The molecule has 0 saturated carbocycles. The summed E-state index contributed by atoms with van der Waals surface area (Å²) in [7, 11) is 0. The SMILES string of the molecule is CC[C@@H]1CC(=O)C2=C(Cc3ncsc3[C@@]2(CC)c2ccccc2)C1.CC[C@H]1CC(=O)C2=C(Cc3ncsc3[C@@]2(CC)c2ccccc2)C1.CC[C@]1(c2ccccc2)C2=C(Cc3ncsc31)C[C@@H](C(C)C)CC2=O.CC[C@]1(c2ccccc2)C2=C(Cc3ncsc31)C[C@@H](C)CC2=O.CC[C@]1(c2ccccc2)C2=C(Cc3ncsc31)C[C@H](C(C)C)CC2=O.CC[C@]1(c2ccccc2)C2=C(Cc3ncsc31)C[C@H](C)CC2=O. The maximum atomic E-state index is 13.3. The van der Waals surface area contributed by atoms with Crippen molar-refractivity contribution < 1.29 is 28.8 Å². The Morgan fingerprint density at radius 2 is 0.424 bits per heavy atom. The first kappa shape index (κ1) is 102. The number of nitrogens with zero attached hydrogens (tertiary/aromatic N) is 6. The van der Waals surface area contributed by atoms with Crippen LogP contribution in [0.2, 0.25) is 0 Å². The average Bonchev–Trinajstić information content (AvgIpc) is 1.88. The van der Waals surface area contributed by atoms with Gasteiger partial charge in [-0.05, 0) is 158 Å². The molecule has 0 saturated heterocycles. The van der Waals surface area contributed by atoms with Gasteiger partial charge in [0.2, 0.25) is 0 Å². The number of carbonyl (C=O) groups excluding carboxylic acids is 6. The molecule has 6 aromatic carbocycles. The standard InChI is InChI=1S/2C22H25NOS.2C21H23NOS.2C20H21NOS/c2*1-4-22(17-8-6-5-7-9-17)20-16(11-18-21(22)25-13-23-18)10-15(14(2)3)12-19(20)24;2*1-3-14-10-15-12-17-20(24-13-22-17)21(4-2,19(15)18(23)11-14)16-8-6-5-7-9-16;2*1-3-20(15-7-5-4-6-8-15)18-14(9-13(2)10-17(18)22)11-16-19(20)23-12-21-16/h2*5-9,13-15H,4,10-12H2,1-3H3;2*5-9,13-14H,3-4,10-12H2,1-2H3;2*4-8,12-13H,3,9-11H2,1-2H3/t15-,22+;15-,22-;14-,21+;14-,21-;13-,20+;13-,20-/m101010/s1. The van der Waals surface area contributed by atoms with Gasteiger partial charge in [0.1, 0.15) is 0 Å². The van der Waals surface area contributed by atoms with Gasteiger partial charge >= 0.3 is 0 Å². The zero-order valence-electron chi connectivity index (χ0n) is 86.4. The van der Waals surface area contributed by atoms with Gasteiger partial charge in [0.05, 0.1) is 99.7 Å². The number of thiazole rings is 6. The van der Waals surface area contributed by atoms with Crippen molar-refractivity contribution in [2.75, 3.05) is 0 Å². The molecule has 0 unspecified atom stereocenters. The fourth-order valence-corrected chi connectivity index (χ4v) is 34.6. The number of allylic oxidation sites excluding steroid dienone is 12. The van der Waals surface area contributed by atoms with Crippen molar-refractivity contribution in [3.8, 4) is 0 Å². The summed E-state index contributed by atoms with van der Waals surface area (Å²) in [5.41, 5.74) is 39.1. The van der Waals surface area contributed by atoms with E-state index in [9.17, 15) is 28.8 Å². The van der Waals surface area contributed by atoms with Crippen molar-refractivity contribution in [2.45, 2.75) is 296 Å². The lowest BCUT2D eigenvalue weighted by Crippen LogP contribution is -2.41. The van der Waals surface area contributed by atoms with Crippen LogP contribution in [0.15, 0.2) is 282 Å². The Hall–Kier alpha value is -10.4. The van der Waals surface area contributed by atoms with E-state index in [1.165, 1.54) is 130 Å². The van der Waals surface area contributed by atoms with Crippen molar-refractivity contribution in [1.29, 1.82) is 0 Å². The largest absolute Gasteiger partial charge is 0.294 e. The first-order chi connectivity index (χ1) is 69.9. The number of aromatic nitrogens is 6. The van der Waals surface area contributed by atoms with Crippen LogP contribution in [0.25, 0.3) is 0 Å². The summed E-state index contributed by atoms with van der Waals surface area (Å²) in [5, 5.41) is 0. The number of carbonyl (C=O) groups is 6. The van der Waals surface area contributed by atoms with Crippen LogP contribution >= 0.6 is 68.0 Å². The summed E-state index contributed by atoms with van der Waals surface area (Å²) < 4.78 is 0. The maximum absolute atomic E-state index is 13.3. The second kappa shape index (κ2) is 42.8. The van der Waals surface area contributed by atoms with Crippen molar-refractivity contribution in [3.63, 3.8) is 0 Å². The number of Topliss-reactive ketones (excluding diaryl/α,β-unsaturated/α-hetero) is 6. The third kappa shape index (κ3) is 17.7. The van der Waals surface area contributed by atoms with E-state index in [1.54, 1.807) is 68.0 Å². The van der Waals surface area contributed by atoms with Gasteiger partial charge in [0, 0.05) is 140 Å². The Morgan fingerprint density at radius 3 is 0.611 bits per heavy atom. The van der Waals surface area contributed by atoms with E-state index in [2.05, 4.69) is 285 Å². The molecule has 744 valence electrons. The predicted molar refractivity (Wildman–Crippen MR) is 590 cm³/mol. The van der Waals surface area contributed by atoms with E-state index in [1.807, 2.05) is 57.3 Å². The molecule has 24 rings (SSSR count). The summed E-state index contributed by atoms with van der Waals surface area (Å²) in [4.78, 5) is 115. The number of ketones is 6. The molecule has 12 nitrogen and oxygen atoms in total. The first-order valence-corrected chi connectivity index (χ1v) is 58.6. The molecule has 0 radical (unpaired) electrons. The van der Waals surface area contributed by atoms with Crippen LogP contribution in [0.1, 0.15) is 322 Å². The molecule has 12 aromatic rings. The molecule has 12 atom stereocenters. The number of benzene rings is 6. The molecule has 12 aliphatic carbocycles. The molecule has 6 aromatic heterocycles. The molecular formula is C126H138N6O6S6. The molecule has 0 spiro atoms. The Labute approximate surface area is 876 Å². The Balaban J connectivity index is 0.000000109. The molecule has 0 fully saturated rings. The minimum atomic E-state index is -0.301. The minimum Gasteiger partial charge on any atom is -0.294 e. The van der Waals surface area contributed by atoms with Gasteiger partial charge in [-0.25, -0.2) is 29.9 Å². The lowest BCUT2D eigenvalue weighted by Gasteiger charge is -2.43. The summed E-state index contributed by atoms with van der Waals surface area (Å²) >= 11 is 10.3. The second-order valence-corrected chi connectivity index (χ2v) is 48.3. The molecule has 144 heavy (non-hydrogen) atoms. The quantitative estimate of drug-likeness (QED) is 0.0895. The molecular weight excluding hydrogens is 1890 g/mol. The number of fused-ring (bicyclic) bond motifs is 6. The Bertz CT molecular complexity index is 6580. The van der Waals surface area contributed by atoms with Crippen LogP contribution in [-0.4, -0.2) is 64.6 Å². The van der Waals surface area contributed by atoms with E-state index in [0.29, 0.717) is 121 Å². The summed E-state index contributed by atoms with van der Waals surface area (Å²) in [6, 6.07) is 63.5. The summed E-state index contributed by atoms with van der Waals surface area (Å²) in [6.45, 7) is 31.0. The molecule has 0 amide bonds.